The predicted molar refractivity (Wildman–Crippen MR) is 107 cm³/mol. The van der Waals surface area contributed by atoms with Crippen LogP contribution in [0.25, 0.3) is 10.6 Å². The molecular formula is C20H21N3O4S. The molecule has 3 rings (SSSR count). The molecule has 0 saturated carbocycles. The van der Waals surface area contributed by atoms with Crippen LogP contribution >= 0.6 is 11.3 Å². The van der Waals surface area contributed by atoms with Crippen molar-refractivity contribution in [2.45, 2.75) is 6.92 Å². The van der Waals surface area contributed by atoms with Crippen LogP contribution in [0.15, 0.2) is 47.8 Å². The number of hydrogen-bond acceptors (Lipinski definition) is 7. The van der Waals surface area contributed by atoms with Crippen molar-refractivity contribution in [1.82, 2.24) is 15.5 Å². The van der Waals surface area contributed by atoms with Crippen molar-refractivity contribution in [1.29, 1.82) is 0 Å². The van der Waals surface area contributed by atoms with Crippen LogP contribution in [0.2, 0.25) is 0 Å². The van der Waals surface area contributed by atoms with E-state index >= 15 is 0 Å². The van der Waals surface area contributed by atoms with Gasteiger partial charge in [0, 0.05) is 6.07 Å². The Balaban J connectivity index is 1.37. The molecule has 8 heteroatoms. The van der Waals surface area contributed by atoms with E-state index in [4.69, 9.17) is 14.2 Å². The van der Waals surface area contributed by atoms with Crippen LogP contribution in [0.1, 0.15) is 5.56 Å². The summed E-state index contributed by atoms with van der Waals surface area (Å²) in [7, 11) is 1.56. The van der Waals surface area contributed by atoms with Gasteiger partial charge in [-0.3, -0.25) is 4.79 Å². The van der Waals surface area contributed by atoms with Crippen molar-refractivity contribution in [2.24, 2.45) is 0 Å². The normalized spacial score (nSPS) is 10.4. The SMILES string of the molecule is COc1cc(C)ccc1OCC(=O)NCCOc1ccc(-c2cccs2)nn1. The monoisotopic (exact) mass is 399 g/mol. The van der Waals surface area contributed by atoms with Gasteiger partial charge in [0.2, 0.25) is 5.88 Å². The Morgan fingerprint density at radius 2 is 2.00 bits per heavy atom. The van der Waals surface area contributed by atoms with Crippen LogP contribution in [0.4, 0.5) is 0 Å². The van der Waals surface area contributed by atoms with E-state index < -0.39 is 0 Å². The molecule has 7 nitrogen and oxygen atoms in total. The third kappa shape index (κ3) is 5.43. The minimum atomic E-state index is -0.245. The summed E-state index contributed by atoms with van der Waals surface area (Å²) in [5.74, 6) is 1.29. The van der Waals surface area contributed by atoms with E-state index in [2.05, 4.69) is 15.5 Å². The number of benzene rings is 1. The summed E-state index contributed by atoms with van der Waals surface area (Å²) >= 11 is 1.60. The summed E-state index contributed by atoms with van der Waals surface area (Å²) in [4.78, 5) is 13.0. The van der Waals surface area contributed by atoms with Gasteiger partial charge in [-0.1, -0.05) is 12.1 Å². The lowest BCUT2D eigenvalue weighted by Gasteiger charge is -2.11. The molecule has 0 saturated heterocycles. The molecule has 0 unspecified atom stereocenters. The van der Waals surface area contributed by atoms with Crippen LogP contribution in [0.3, 0.4) is 0 Å². The number of nitrogens with one attached hydrogen (secondary N) is 1. The van der Waals surface area contributed by atoms with Crippen LogP contribution in [0.5, 0.6) is 17.4 Å². The fourth-order valence-electron chi connectivity index (χ4n) is 2.39. The maximum atomic E-state index is 11.9. The zero-order chi connectivity index (χ0) is 19.8. The molecule has 1 N–H and O–H groups in total. The highest BCUT2D eigenvalue weighted by molar-refractivity contribution is 7.13. The van der Waals surface area contributed by atoms with E-state index in [1.807, 2.05) is 42.6 Å². The molecule has 3 aromatic rings. The van der Waals surface area contributed by atoms with Crippen molar-refractivity contribution in [3.8, 4) is 28.0 Å². The minimum absolute atomic E-state index is 0.102. The Morgan fingerprint density at radius 1 is 1.11 bits per heavy atom. The number of amides is 1. The summed E-state index contributed by atoms with van der Waals surface area (Å²) in [6, 6.07) is 13.1. The summed E-state index contributed by atoms with van der Waals surface area (Å²) in [6.07, 6.45) is 0. The van der Waals surface area contributed by atoms with E-state index in [9.17, 15) is 4.79 Å². The lowest BCUT2D eigenvalue weighted by Crippen LogP contribution is -2.32. The molecule has 1 aromatic carbocycles. The number of nitrogens with zero attached hydrogens (tertiary/aromatic N) is 2. The van der Waals surface area contributed by atoms with Gasteiger partial charge in [0.1, 0.15) is 12.3 Å². The zero-order valence-corrected chi connectivity index (χ0v) is 16.5. The maximum absolute atomic E-state index is 11.9. The molecule has 0 aliphatic carbocycles. The molecule has 2 heterocycles. The van der Waals surface area contributed by atoms with Crippen molar-refractivity contribution < 1.29 is 19.0 Å². The first kappa shape index (κ1) is 19.6. The number of aromatic nitrogens is 2. The molecule has 0 radical (unpaired) electrons. The number of aryl methyl sites for hydroxylation is 1. The van der Waals surface area contributed by atoms with E-state index in [0.29, 0.717) is 23.9 Å². The first-order chi connectivity index (χ1) is 13.7. The van der Waals surface area contributed by atoms with Crippen molar-refractivity contribution >= 4 is 17.2 Å². The summed E-state index contributed by atoms with van der Waals surface area (Å²) in [5, 5.41) is 12.9. The number of carbonyl (C=O) groups is 1. The number of carbonyl (C=O) groups excluding carboxylic acids is 1. The fraction of sp³-hybridized carbons (Fsp3) is 0.250. The molecule has 2 aromatic heterocycles. The first-order valence-corrected chi connectivity index (χ1v) is 9.58. The van der Waals surface area contributed by atoms with E-state index in [0.717, 1.165) is 16.1 Å². The van der Waals surface area contributed by atoms with Crippen LogP contribution in [0, 0.1) is 6.92 Å². The molecule has 0 fully saturated rings. The van der Waals surface area contributed by atoms with Crippen LogP contribution in [-0.4, -0.2) is 43.0 Å². The number of rotatable bonds is 9. The van der Waals surface area contributed by atoms with Crippen molar-refractivity contribution in [2.75, 3.05) is 26.9 Å². The highest BCUT2D eigenvalue weighted by atomic mass is 32.1. The Hall–Kier alpha value is -3.13. The second-order valence-electron chi connectivity index (χ2n) is 5.88. The van der Waals surface area contributed by atoms with Gasteiger partial charge >= 0.3 is 0 Å². The smallest absolute Gasteiger partial charge is 0.258 e. The van der Waals surface area contributed by atoms with Crippen LogP contribution in [-0.2, 0) is 4.79 Å². The van der Waals surface area contributed by atoms with Crippen molar-refractivity contribution in [3.05, 3.63) is 53.4 Å². The minimum Gasteiger partial charge on any atom is -0.493 e. The third-order valence-corrected chi connectivity index (χ3v) is 4.66. The third-order valence-electron chi connectivity index (χ3n) is 3.77. The van der Waals surface area contributed by atoms with E-state index in [-0.39, 0.29) is 19.1 Å². The van der Waals surface area contributed by atoms with Gasteiger partial charge in [-0.25, -0.2) is 0 Å². The molecule has 0 aliphatic rings. The average Bonchev–Trinajstić information content (AvgIpc) is 3.25. The Morgan fingerprint density at radius 3 is 2.71 bits per heavy atom. The molecule has 146 valence electrons. The van der Waals surface area contributed by atoms with E-state index in [1.165, 1.54) is 0 Å². The number of ether oxygens (including phenoxy) is 3. The highest BCUT2D eigenvalue weighted by Crippen LogP contribution is 2.27. The lowest BCUT2D eigenvalue weighted by molar-refractivity contribution is -0.123. The second kappa shape index (κ2) is 9.70. The van der Waals surface area contributed by atoms with Gasteiger partial charge in [-0.2, -0.15) is 0 Å². The fourth-order valence-corrected chi connectivity index (χ4v) is 3.08. The number of methoxy groups -OCH3 is 1. The molecule has 28 heavy (non-hydrogen) atoms. The quantitative estimate of drug-likeness (QED) is 0.557. The van der Waals surface area contributed by atoms with Gasteiger partial charge in [-0.05, 0) is 42.1 Å². The molecule has 0 bridgehead atoms. The van der Waals surface area contributed by atoms with E-state index in [1.54, 1.807) is 30.6 Å². The average molecular weight is 399 g/mol. The van der Waals surface area contributed by atoms with Gasteiger partial charge < -0.3 is 19.5 Å². The summed E-state index contributed by atoms with van der Waals surface area (Å²) in [6.45, 7) is 2.47. The van der Waals surface area contributed by atoms with Crippen molar-refractivity contribution in [3.63, 3.8) is 0 Å². The Labute approximate surface area is 167 Å². The molecule has 0 spiro atoms. The highest BCUT2D eigenvalue weighted by Gasteiger charge is 2.08. The van der Waals surface area contributed by atoms with Gasteiger partial charge in [-0.15, -0.1) is 21.5 Å². The Bertz CT molecular complexity index is 898. The number of hydrogen-bond donors (Lipinski definition) is 1. The molecule has 1 amide bonds. The summed E-state index contributed by atoms with van der Waals surface area (Å²) in [5.41, 5.74) is 1.86. The topological polar surface area (TPSA) is 82.6 Å². The molecule has 0 aliphatic heterocycles. The zero-order valence-electron chi connectivity index (χ0n) is 15.7. The van der Waals surface area contributed by atoms with Gasteiger partial charge in [0.15, 0.2) is 18.1 Å². The van der Waals surface area contributed by atoms with Crippen LogP contribution < -0.4 is 19.5 Å². The standard InChI is InChI=1S/C20H21N3O4S/c1-14-5-7-16(17(12-14)25-2)27-13-19(24)21-9-10-26-20-8-6-15(22-23-20)18-4-3-11-28-18/h3-8,11-12H,9-10,13H2,1-2H3,(H,21,24). The second-order valence-corrected chi connectivity index (χ2v) is 6.82. The first-order valence-electron chi connectivity index (χ1n) is 8.70. The maximum Gasteiger partial charge on any atom is 0.258 e. The van der Waals surface area contributed by atoms with Gasteiger partial charge in [0.25, 0.3) is 5.91 Å². The largest absolute Gasteiger partial charge is 0.493 e. The molecular weight excluding hydrogens is 378 g/mol. The summed E-state index contributed by atoms with van der Waals surface area (Å²) < 4.78 is 16.3. The lowest BCUT2D eigenvalue weighted by atomic mass is 10.2. The Kier molecular flexibility index (Phi) is 6.80. The molecule has 0 atom stereocenters. The number of thiophene rings is 1. The van der Waals surface area contributed by atoms with Gasteiger partial charge in [0.05, 0.1) is 18.5 Å². The predicted octanol–water partition coefficient (Wildman–Crippen LogP) is 3.10.